The van der Waals surface area contributed by atoms with E-state index in [2.05, 4.69) is 25.2 Å². The van der Waals surface area contributed by atoms with E-state index in [0.29, 0.717) is 23.0 Å². The second kappa shape index (κ2) is 9.64. The van der Waals surface area contributed by atoms with Gasteiger partial charge in [0.1, 0.15) is 11.8 Å². The Balaban J connectivity index is 1.73. The lowest BCUT2D eigenvalue weighted by atomic mass is 10.0. The number of ether oxygens (including phenoxy) is 2. The van der Waals surface area contributed by atoms with Crippen LogP contribution >= 0.6 is 0 Å². The van der Waals surface area contributed by atoms with Gasteiger partial charge in [-0.15, -0.1) is 0 Å². The summed E-state index contributed by atoms with van der Waals surface area (Å²) in [6.45, 7) is 3.64. The molecule has 9 nitrogen and oxygen atoms in total. The van der Waals surface area contributed by atoms with Gasteiger partial charge < -0.3 is 19.3 Å². The van der Waals surface area contributed by atoms with Crippen LogP contribution in [0.15, 0.2) is 53.3 Å². The van der Waals surface area contributed by atoms with Crippen molar-refractivity contribution >= 4 is 11.9 Å². The Bertz CT molecular complexity index is 1000. The number of amides is 1. The first kappa shape index (κ1) is 21.0. The number of hydrogen-bond acceptors (Lipinski definition) is 8. The SMILES string of the molecule is COC(=O)COc1cccc(C(=O)NC(c2nc(-c3cccnc3)no2)C(C)C)c1. The standard InChI is InChI=1S/C21H22N4O5/c1-13(2)18(21-24-19(25-30-21)15-7-5-9-22-11-15)23-20(27)14-6-4-8-16(10-14)29-12-17(26)28-3/h4-11,13,18H,12H2,1-3H3,(H,23,27). The van der Waals surface area contributed by atoms with Crippen molar-refractivity contribution in [3.63, 3.8) is 0 Å². The van der Waals surface area contributed by atoms with E-state index in [9.17, 15) is 9.59 Å². The first-order valence-electron chi connectivity index (χ1n) is 9.32. The molecule has 1 aromatic carbocycles. The second-order valence-corrected chi connectivity index (χ2v) is 6.79. The van der Waals surface area contributed by atoms with Crippen molar-refractivity contribution in [3.8, 4) is 17.1 Å². The van der Waals surface area contributed by atoms with Gasteiger partial charge in [0.15, 0.2) is 6.61 Å². The fourth-order valence-corrected chi connectivity index (χ4v) is 2.64. The molecule has 0 saturated carbocycles. The lowest BCUT2D eigenvalue weighted by molar-refractivity contribution is -0.142. The minimum Gasteiger partial charge on any atom is -0.482 e. The number of pyridine rings is 1. The summed E-state index contributed by atoms with van der Waals surface area (Å²) in [5.41, 5.74) is 1.09. The summed E-state index contributed by atoms with van der Waals surface area (Å²) in [6.07, 6.45) is 3.29. The number of aromatic nitrogens is 3. The lowest BCUT2D eigenvalue weighted by Gasteiger charge is -2.18. The van der Waals surface area contributed by atoms with Crippen molar-refractivity contribution < 1.29 is 23.6 Å². The van der Waals surface area contributed by atoms with E-state index >= 15 is 0 Å². The Hall–Kier alpha value is -3.75. The van der Waals surface area contributed by atoms with Crippen molar-refractivity contribution in [1.29, 1.82) is 0 Å². The number of nitrogens with zero attached hydrogens (tertiary/aromatic N) is 3. The summed E-state index contributed by atoms with van der Waals surface area (Å²) in [7, 11) is 1.28. The molecule has 2 aromatic heterocycles. The van der Waals surface area contributed by atoms with Gasteiger partial charge in [-0.05, 0) is 36.2 Å². The average Bonchev–Trinajstić information content (AvgIpc) is 3.26. The number of rotatable bonds is 8. The molecule has 0 aliphatic rings. The largest absolute Gasteiger partial charge is 0.482 e. The number of nitrogens with one attached hydrogen (secondary N) is 1. The van der Waals surface area contributed by atoms with E-state index in [0.717, 1.165) is 5.56 Å². The van der Waals surface area contributed by atoms with Gasteiger partial charge in [-0.1, -0.05) is 25.1 Å². The highest BCUT2D eigenvalue weighted by molar-refractivity contribution is 5.94. The highest BCUT2D eigenvalue weighted by Gasteiger charge is 2.25. The molecule has 1 amide bonds. The molecule has 3 aromatic rings. The summed E-state index contributed by atoms with van der Waals surface area (Å²) < 4.78 is 15.3. The van der Waals surface area contributed by atoms with Crippen LogP contribution in [0.2, 0.25) is 0 Å². The zero-order valence-corrected chi connectivity index (χ0v) is 16.9. The van der Waals surface area contributed by atoms with Gasteiger partial charge in [0.2, 0.25) is 11.7 Å². The van der Waals surface area contributed by atoms with Gasteiger partial charge in [-0.2, -0.15) is 4.98 Å². The molecule has 0 bridgehead atoms. The fourth-order valence-electron chi connectivity index (χ4n) is 2.64. The number of carbonyl (C=O) groups is 2. The summed E-state index contributed by atoms with van der Waals surface area (Å²) >= 11 is 0. The van der Waals surface area contributed by atoms with E-state index in [4.69, 9.17) is 9.26 Å². The van der Waals surface area contributed by atoms with Crippen molar-refractivity contribution in [1.82, 2.24) is 20.4 Å². The van der Waals surface area contributed by atoms with Crippen LogP contribution in [0, 0.1) is 5.92 Å². The average molecular weight is 410 g/mol. The normalized spacial score (nSPS) is 11.7. The van der Waals surface area contributed by atoms with Crippen LogP contribution in [0.1, 0.15) is 36.1 Å². The first-order valence-corrected chi connectivity index (χ1v) is 9.32. The molecule has 1 unspecified atom stereocenters. The third kappa shape index (κ3) is 5.19. The van der Waals surface area contributed by atoms with Gasteiger partial charge in [0, 0.05) is 23.5 Å². The van der Waals surface area contributed by atoms with Gasteiger partial charge in [0.05, 0.1) is 7.11 Å². The Morgan fingerprint density at radius 1 is 1.20 bits per heavy atom. The van der Waals surface area contributed by atoms with E-state index in [1.807, 2.05) is 19.9 Å². The molecule has 0 aliphatic heterocycles. The number of methoxy groups -OCH3 is 1. The predicted molar refractivity (Wildman–Crippen MR) is 107 cm³/mol. The maximum Gasteiger partial charge on any atom is 0.343 e. The van der Waals surface area contributed by atoms with Crippen molar-refractivity contribution in [3.05, 3.63) is 60.2 Å². The summed E-state index contributed by atoms with van der Waals surface area (Å²) in [4.78, 5) is 32.5. The molecular weight excluding hydrogens is 388 g/mol. The Morgan fingerprint density at radius 2 is 2.03 bits per heavy atom. The lowest BCUT2D eigenvalue weighted by Crippen LogP contribution is -2.32. The molecule has 9 heteroatoms. The highest BCUT2D eigenvalue weighted by Crippen LogP contribution is 2.24. The molecule has 2 heterocycles. The van der Waals surface area contributed by atoms with Crippen LogP contribution in [-0.4, -0.2) is 40.7 Å². The van der Waals surface area contributed by atoms with Crippen LogP contribution in [0.25, 0.3) is 11.4 Å². The number of benzene rings is 1. The van der Waals surface area contributed by atoms with E-state index < -0.39 is 12.0 Å². The zero-order valence-electron chi connectivity index (χ0n) is 16.9. The fraction of sp³-hybridized carbons (Fsp3) is 0.286. The monoisotopic (exact) mass is 410 g/mol. The molecule has 30 heavy (non-hydrogen) atoms. The maximum absolute atomic E-state index is 12.8. The van der Waals surface area contributed by atoms with Crippen molar-refractivity contribution in [2.24, 2.45) is 5.92 Å². The quantitative estimate of drug-likeness (QED) is 0.564. The van der Waals surface area contributed by atoms with Crippen molar-refractivity contribution in [2.45, 2.75) is 19.9 Å². The number of carbonyl (C=O) groups excluding carboxylic acids is 2. The smallest absolute Gasteiger partial charge is 0.343 e. The highest BCUT2D eigenvalue weighted by atomic mass is 16.6. The van der Waals surface area contributed by atoms with Crippen molar-refractivity contribution in [2.75, 3.05) is 13.7 Å². The Labute approximate surface area is 173 Å². The molecule has 0 spiro atoms. The Kier molecular flexibility index (Phi) is 6.74. The van der Waals surface area contributed by atoms with Gasteiger partial charge in [-0.3, -0.25) is 9.78 Å². The van der Waals surface area contributed by atoms with Crippen LogP contribution in [0.5, 0.6) is 5.75 Å². The summed E-state index contributed by atoms with van der Waals surface area (Å²) in [5.74, 6) is 0.232. The summed E-state index contributed by atoms with van der Waals surface area (Å²) in [6, 6.07) is 9.62. The number of hydrogen-bond donors (Lipinski definition) is 1. The molecule has 0 fully saturated rings. The number of esters is 1. The van der Waals surface area contributed by atoms with Gasteiger partial charge in [-0.25, -0.2) is 4.79 Å². The molecule has 0 radical (unpaired) electrons. The van der Waals surface area contributed by atoms with E-state index in [-0.39, 0.29) is 18.4 Å². The maximum atomic E-state index is 12.8. The third-order valence-electron chi connectivity index (χ3n) is 4.26. The minimum atomic E-state index is -0.509. The van der Waals surface area contributed by atoms with Gasteiger partial charge >= 0.3 is 5.97 Å². The van der Waals surface area contributed by atoms with E-state index in [1.165, 1.54) is 7.11 Å². The predicted octanol–water partition coefficient (Wildman–Crippen LogP) is 2.81. The molecule has 156 valence electrons. The topological polar surface area (TPSA) is 116 Å². The molecular formula is C21H22N4O5. The zero-order chi connectivity index (χ0) is 21.5. The van der Waals surface area contributed by atoms with Gasteiger partial charge in [0.25, 0.3) is 5.91 Å². The van der Waals surface area contributed by atoms with Crippen LogP contribution < -0.4 is 10.1 Å². The molecule has 1 atom stereocenters. The van der Waals surface area contributed by atoms with Crippen LogP contribution in [0.3, 0.4) is 0 Å². The van der Waals surface area contributed by atoms with Crippen LogP contribution in [-0.2, 0) is 9.53 Å². The minimum absolute atomic E-state index is 0.00472. The third-order valence-corrected chi connectivity index (χ3v) is 4.26. The molecule has 1 N–H and O–H groups in total. The molecule has 0 aliphatic carbocycles. The summed E-state index contributed by atoms with van der Waals surface area (Å²) in [5, 5.41) is 6.91. The van der Waals surface area contributed by atoms with Crippen LogP contribution in [0.4, 0.5) is 0 Å². The first-order chi connectivity index (χ1) is 14.5. The molecule has 3 rings (SSSR count). The molecule has 0 saturated heterocycles. The van der Waals surface area contributed by atoms with E-state index in [1.54, 1.807) is 42.7 Å². The Morgan fingerprint density at radius 3 is 2.73 bits per heavy atom. The second-order valence-electron chi connectivity index (χ2n) is 6.79.